The number of hydrogen-bond donors (Lipinski definition) is 4. The first-order valence-corrected chi connectivity index (χ1v) is 10.4. The van der Waals surface area contributed by atoms with Gasteiger partial charge in [-0.15, -0.1) is 5.92 Å². The molecule has 0 saturated heterocycles. The fourth-order valence-corrected chi connectivity index (χ4v) is 2.34. The molecule has 0 fully saturated rings. The molecule has 0 aromatic heterocycles. The maximum atomic E-state index is 11.4. The van der Waals surface area contributed by atoms with Crippen LogP contribution in [-0.4, -0.2) is 44.2 Å². The highest BCUT2D eigenvalue weighted by Gasteiger charge is 2.32. The molecular formula is C19H33IN2O5. The van der Waals surface area contributed by atoms with E-state index < -0.39 is 17.6 Å². The molecule has 0 aliphatic rings. The second-order valence-electron chi connectivity index (χ2n) is 6.36. The van der Waals surface area contributed by atoms with Gasteiger partial charge in [-0.2, -0.15) is 0 Å². The Hall–Kier alpha value is -1.50. The van der Waals surface area contributed by atoms with Gasteiger partial charge in [-0.3, -0.25) is 4.79 Å². The number of aliphatic carboxylic acids is 1. The van der Waals surface area contributed by atoms with Gasteiger partial charge in [0, 0.05) is 22.8 Å². The predicted molar refractivity (Wildman–Crippen MR) is 115 cm³/mol. The average Bonchev–Trinajstić information content (AvgIpc) is 2.58. The summed E-state index contributed by atoms with van der Waals surface area (Å²) in [5.74, 6) is 4.69. The highest BCUT2D eigenvalue weighted by Crippen LogP contribution is 2.11. The van der Waals surface area contributed by atoms with Crippen molar-refractivity contribution >= 4 is 40.6 Å². The predicted octanol–water partition coefficient (Wildman–Crippen LogP) is 3.65. The summed E-state index contributed by atoms with van der Waals surface area (Å²) in [6, 6.07) is 0. The Bertz CT molecular complexity index is 528. The molecule has 2 amide bonds. The fraction of sp³-hybridized carbons (Fsp3) is 0.737. The van der Waals surface area contributed by atoms with E-state index in [9.17, 15) is 14.4 Å². The van der Waals surface area contributed by atoms with Gasteiger partial charge in [0.1, 0.15) is 5.54 Å². The summed E-state index contributed by atoms with van der Waals surface area (Å²) in [5, 5.41) is 22.2. The lowest BCUT2D eigenvalue weighted by molar-refractivity contribution is -0.147. The minimum atomic E-state index is -1.12. The van der Waals surface area contributed by atoms with Crippen LogP contribution in [0, 0.1) is 17.8 Å². The molecule has 0 aromatic rings. The summed E-state index contributed by atoms with van der Waals surface area (Å²) in [6.07, 6.45) is 2.69. The van der Waals surface area contributed by atoms with Crippen molar-refractivity contribution in [3.63, 3.8) is 0 Å². The largest absolute Gasteiger partial charge is 0.480 e. The lowest BCUT2D eigenvalue weighted by Crippen LogP contribution is -2.51. The summed E-state index contributed by atoms with van der Waals surface area (Å²) in [6.45, 7) is 9.52. The van der Waals surface area contributed by atoms with Gasteiger partial charge in [0.05, 0.1) is 0 Å². The van der Waals surface area contributed by atoms with Crippen LogP contribution in [0.15, 0.2) is 0 Å². The molecule has 0 spiro atoms. The maximum Gasteiger partial charge on any atom is 0.404 e. The van der Waals surface area contributed by atoms with Gasteiger partial charge in [-0.05, 0) is 26.7 Å². The second-order valence-corrected chi connectivity index (χ2v) is 8.33. The number of unbranched alkanes of at least 4 members (excludes halogenated alkanes) is 2. The van der Waals surface area contributed by atoms with Gasteiger partial charge < -0.3 is 20.8 Å². The van der Waals surface area contributed by atoms with Crippen LogP contribution in [0.4, 0.5) is 4.79 Å². The smallest absolute Gasteiger partial charge is 0.404 e. The molecule has 0 saturated carbocycles. The lowest BCUT2D eigenvalue weighted by atomic mass is 9.99. The van der Waals surface area contributed by atoms with E-state index in [4.69, 9.17) is 10.2 Å². The molecule has 0 aromatic carbocycles. The molecule has 3 atom stereocenters. The molecular weight excluding hydrogens is 463 g/mol. The van der Waals surface area contributed by atoms with Crippen molar-refractivity contribution in [1.29, 1.82) is 0 Å². The first-order chi connectivity index (χ1) is 12.5. The van der Waals surface area contributed by atoms with Crippen LogP contribution in [-0.2, 0) is 9.59 Å². The molecule has 3 unspecified atom stereocenters. The van der Waals surface area contributed by atoms with Crippen LogP contribution in [0.1, 0.15) is 66.7 Å². The van der Waals surface area contributed by atoms with Crippen LogP contribution in [0.3, 0.4) is 0 Å². The summed E-state index contributed by atoms with van der Waals surface area (Å²) in [7, 11) is 0. The summed E-state index contributed by atoms with van der Waals surface area (Å²) < 4.78 is 0.349. The van der Waals surface area contributed by atoms with E-state index in [1.165, 1.54) is 6.92 Å². The van der Waals surface area contributed by atoms with Gasteiger partial charge in [0.25, 0.3) is 0 Å². The number of carbonyl (C=O) groups excluding carboxylic acids is 1. The van der Waals surface area contributed by atoms with E-state index in [1.807, 2.05) is 6.92 Å². The van der Waals surface area contributed by atoms with Gasteiger partial charge in [0.15, 0.2) is 0 Å². The molecule has 7 nitrogen and oxygen atoms in total. The van der Waals surface area contributed by atoms with Gasteiger partial charge in [-0.25, -0.2) is 9.59 Å². The third-order valence-corrected chi connectivity index (χ3v) is 4.83. The Morgan fingerprint density at radius 2 is 1.78 bits per heavy atom. The Morgan fingerprint density at radius 3 is 2.15 bits per heavy atom. The number of rotatable bonds is 10. The zero-order valence-corrected chi connectivity index (χ0v) is 19.1. The standard InChI is InChI=1S/C11H21NO3.C8H12INO2/c1-4-6-7-8-9(13)12-11(3,5-2)10(14)15;1-3-4-7(6(2)9)5-10-8(11)12/h4-8H2,1-3H3,(H,12,13)(H,14,15);6-7,10H,5H2,1-2H3,(H,11,12). The quantitative estimate of drug-likeness (QED) is 0.160. The minimum absolute atomic E-state index is 0.103. The van der Waals surface area contributed by atoms with Gasteiger partial charge in [-0.1, -0.05) is 62.1 Å². The Morgan fingerprint density at radius 1 is 1.19 bits per heavy atom. The third kappa shape index (κ3) is 14.3. The highest BCUT2D eigenvalue weighted by molar-refractivity contribution is 14.1. The van der Waals surface area contributed by atoms with Gasteiger partial charge in [0.2, 0.25) is 5.91 Å². The van der Waals surface area contributed by atoms with E-state index in [2.05, 4.69) is 52.0 Å². The SMILES string of the molecule is CC#CC(CNC(=O)O)C(C)I.CCCCCC(=O)NC(C)(CC)C(=O)O. The first-order valence-electron chi connectivity index (χ1n) is 9.11. The number of halogens is 1. The zero-order chi connectivity index (χ0) is 21.5. The van der Waals surface area contributed by atoms with E-state index >= 15 is 0 Å². The van der Waals surface area contributed by atoms with Crippen molar-refractivity contribution in [2.75, 3.05) is 6.54 Å². The van der Waals surface area contributed by atoms with Crippen molar-refractivity contribution in [1.82, 2.24) is 10.6 Å². The lowest BCUT2D eigenvalue weighted by Gasteiger charge is -2.24. The molecule has 0 rings (SSSR count). The van der Waals surface area contributed by atoms with Crippen LogP contribution in [0.2, 0.25) is 0 Å². The fourth-order valence-electron chi connectivity index (χ4n) is 1.91. The number of carboxylic acid groups (broad SMARTS) is 2. The van der Waals surface area contributed by atoms with Crippen molar-refractivity contribution in [3.8, 4) is 11.8 Å². The summed E-state index contributed by atoms with van der Waals surface area (Å²) in [4.78, 5) is 32.5. The maximum absolute atomic E-state index is 11.4. The van der Waals surface area contributed by atoms with Crippen molar-refractivity contribution in [2.24, 2.45) is 5.92 Å². The number of hydrogen-bond acceptors (Lipinski definition) is 3. The Labute approximate surface area is 176 Å². The number of carbonyl (C=O) groups is 3. The first kappa shape index (κ1) is 27.7. The molecule has 27 heavy (non-hydrogen) atoms. The monoisotopic (exact) mass is 496 g/mol. The zero-order valence-electron chi connectivity index (χ0n) is 16.9. The number of nitrogens with one attached hydrogen (secondary N) is 2. The summed E-state index contributed by atoms with van der Waals surface area (Å²) >= 11 is 2.24. The molecule has 0 heterocycles. The molecule has 0 aliphatic heterocycles. The molecule has 4 N–H and O–H groups in total. The van der Waals surface area contributed by atoms with Gasteiger partial charge >= 0.3 is 12.1 Å². The van der Waals surface area contributed by atoms with Crippen LogP contribution in [0.5, 0.6) is 0 Å². The molecule has 0 bridgehead atoms. The summed E-state index contributed by atoms with van der Waals surface area (Å²) in [5.41, 5.74) is -1.12. The number of amides is 2. The van der Waals surface area contributed by atoms with E-state index in [0.29, 0.717) is 23.3 Å². The number of carboxylic acids is 1. The third-order valence-electron chi connectivity index (χ3n) is 3.96. The minimum Gasteiger partial charge on any atom is -0.480 e. The molecule has 8 heteroatoms. The Kier molecular flexibility index (Phi) is 16.0. The van der Waals surface area contributed by atoms with Crippen LogP contribution < -0.4 is 10.6 Å². The molecule has 0 radical (unpaired) electrons. The van der Waals surface area contributed by atoms with Crippen molar-refractivity contribution < 1.29 is 24.6 Å². The number of alkyl halides is 1. The second kappa shape index (κ2) is 15.5. The molecule has 156 valence electrons. The average molecular weight is 496 g/mol. The van der Waals surface area contributed by atoms with Crippen molar-refractivity contribution in [2.45, 2.75) is 76.2 Å². The van der Waals surface area contributed by atoms with E-state index in [-0.39, 0.29) is 11.8 Å². The van der Waals surface area contributed by atoms with Crippen LogP contribution in [0.25, 0.3) is 0 Å². The van der Waals surface area contributed by atoms with E-state index in [1.54, 1.807) is 13.8 Å². The Balaban J connectivity index is 0. The topological polar surface area (TPSA) is 116 Å². The van der Waals surface area contributed by atoms with Crippen LogP contribution >= 0.6 is 22.6 Å². The van der Waals surface area contributed by atoms with Crippen molar-refractivity contribution in [3.05, 3.63) is 0 Å². The highest BCUT2D eigenvalue weighted by atomic mass is 127. The van der Waals surface area contributed by atoms with E-state index in [0.717, 1.165) is 19.3 Å². The normalized spacial score (nSPS) is 14.1. The molecule has 0 aliphatic carbocycles.